The predicted octanol–water partition coefficient (Wildman–Crippen LogP) is 2.01. The van der Waals surface area contributed by atoms with Crippen LogP contribution in [0.2, 0.25) is 0 Å². The summed E-state index contributed by atoms with van der Waals surface area (Å²) in [6.45, 7) is 3.42. The van der Waals surface area contributed by atoms with Gasteiger partial charge in [0, 0.05) is 24.4 Å². The van der Waals surface area contributed by atoms with Crippen LogP contribution in [-0.4, -0.2) is 36.9 Å². The van der Waals surface area contributed by atoms with Crippen LogP contribution in [0.1, 0.15) is 29.8 Å². The van der Waals surface area contributed by atoms with Crippen LogP contribution in [0.3, 0.4) is 0 Å². The van der Waals surface area contributed by atoms with E-state index >= 15 is 0 Å². The van der Waals surface area contributed by atoms with Gasteiger partial charge in [0.05, 0.1) is 12.4 Å². The highest BCUT2D eigenvalue weighted by Crippen LogP contribution is 2.33. The highest BCUT2D eigenvalue weighted by atomic mass is 32.1. The third-order valence-electron chi connectivity index (χ3n) is 4.59. The van der Waals surface area contributed by atoms with Gasteiger partial charge in [-0.05, 0) is 30.4 Å². The van der Waals surface area contributed by atoms with Crippen molar-refractivity contribution in [1.82, 2.24) is 24.4 Å². The number of imidazole rings is 1. The van der Waals surface area contributed by atoms with Gasteiger partial charge in [-0.15, -0.1) is 11.3 Å². The number of fused-ring (bicyclic) bond motifs is 2. The second-order valence-corrected chi connectivity index (χ2v) is 6.93. The molecule has 0 saturated heterocycles. The van der Waals surface area contributed by atoms with E-state index in [0.717, 1.165) is 13.0 Å². The molecule has 1 atom stereocenters. The number of aryl methyl sites for hydroxylation is 1. The Kier molecular flexibility index (Phi) is 3.68. The molecule has 0 spiro atoms. The van der Waals surface area contributed by atoms with Crippen LogP contribution in [-0.2, 0) is 17.8 Å². The zero-order valence-corrected chi connectivity index (χ0v) is 14.2. The largest absolute Gasteiger partial charge is 0.382 e. The Balaban J connectivity index is 1.48. The summed E-state index contributed by atoms with van der Waals surface area (Å²) in [5.74, 6) is 0.517. The van der Waals surface area contributed by atoms with E-state index in [1.165, 1.54) is 16.8 Å². The first-order chi connectivity index (χ1) is 11.6. The predicted molar refractivity (Wildman–Crippen MR) is 92.5 cm³/mol. The van der Waals surface area contributed by atoms with Crippen molar-refractivity contribution in [3.63, 3.8) is 0 Å². The normalized spacial score (nSPS) is 17.2. The van der Waals surface area contributed by atoms with Gasteiger partial charge in [0.1, 0.15) is 11.8 Å². The fraction of sp³-hybridized carbons (Fsp3) is 0.375. The first-order valence-electron chi connectivity index (χ1n) is 7.92. The van der Waals surface area contributed by atoms with E-state index in [-0.39, 0.29) is 11.9 Å². The molecule has 1 aliphatic heterocycles. The zero-order valence-electron chi connectivity index (χ0n) is 13.3. The summed E-state index contributed by atoms with van der Waals surface area (Å²) in [7, 11) is 0. The molecule has 4 heterocycles. The molecule has 0 fully saturated rings. The molecular formula is C16H18N6OS. The van der Waals surface area contributed by atoms with Gasteiger partial charge < -0.3 is 15.2 Å². The average Bonchev–Trinajstić information content (AvgIpc) is 3.21. The number of hydrogen-bond acceptors (Lipinski definition) is 6. The number of carbonyl (C=O) groups is 1. The molecule has 3 aromatic heterocycles. The molecule has 8 heteroatoms. The van der Waals surface area contributed by atoms with Crippen LogP contribution in [0.4, 0.5) is 5.82 Å². The minimum absolute atomic E-state index is 0.144. The van der Waals surface area contributed by atoms with E-state index in [4.69, 9.17) is 5.73 Å². The maximum atomic E-state index is 12.7. The second kappa shape index (κ2) is 5.86. The number of hydrogen-bond donors (Lipinski definition) is 1. The van der Waals surface area contributed by atoms with Gasteiger partial charge in [0.15, 0.2) is 11.5 Å². The summed E-state index contributed by atoms with van der Waals surface area (Å²) < 4.78 is 1.86. The van der Waals surface area contributed by atoms with Crippen LogP contribution in [0.25, 0.3) is 11.2 Å². The van der Waals surface area contributed by atoms with E-state index in [1.807, 2.05) is 9.47 Å². The van der Waals surface area contributed by atoms with Crippen LogP contribution < -0.4 is 5.73 Å². The Morgan fingerprint density at radius 3 is 3.17 bits per heavy atom. The van der Waals surface area contributed by atoms with Gasteiger partial charge in [0.2, 0.25) is 5.91 Å². The number of nitrogens with zero attached hydrogens (tertiary/aromatic N) is 5. The fourth-order valence-electron chi connectivity index (χ4n) is 3.27. The monoisotopic (exact) mass is 342 g/mol. The first kappa shape index (κ1) is 15.1. The molecule has 3 aromatic rings. The van der Waals surface area contributed by atoms with Gasteiger partial charge >= 0.3 is 0 Å². The van der Waals surface area contributed by atoms with Crippen molar-refractivity contribution in [3.8, 4) is 0 Å². The Morgan fingerprint density at radius 1 is 1.42 bits per heavy atom. The Bertz CT molecular complexity index is 901. The van der Waals surface area contributed by atoms with E-state index < -0.39 is 0 Å². The molecule has 1 aliphatic rings. The van der Waals surface area contributed by atoms with E-state index in [0.29, 0.717) is 29.9 Å². The van der Waals surface area contributed by atoms with Gasteiger partial charge in [-0.25, -0.2) is 15.0 Å². The third-order valence-corrected chi connectivity index (χ3v) is 5.59. The molecule has 0 aliphatic carbocycles. The molecule has 7 nitrogen and oxygen atoms in total. The van der Waals surface area contributed by atoms with E-state index in [1.54, 1.807) is 17.7 Å². The van der Waals surface area contributed by atoms with Crippen molar-refractivity contribution >= 4 is 34.2 Å². The summed E-state index contributed by atoms with van der Waals surface area (Å²) in [4.78, 5) is 28.4. The van der Waals surface area contributed by atoms with Gasteiger partial charge in [0.25, 0.3) is 0 Å². The molecule has 2 N–H and O–H groups in total. The molecule has 1 unspecified atom stereocenters. The third kappa shape index (κ3) is 2.43. The van der Waals surface area contributed by atoms with E-state index in [2.05, 4.69) is 33.3 Å². The summed E-state index contributed by atoms with van der Waals surface area (Å²) in [5.41, 5.74) is 8.33. The Morgan fingerprint density at radius 2 is 2.29 bits per heavy atom. The summed E-state index contributed by atoms with van der Waals surface area (Å²) in [6.07, 6.45) is 4.45. The Hall–Kier alpha value is -2.48. The minimum Gasteiger partial charge on any atom is -0.382 e. The molecule has 0 bridgehead atoms. The van der Waals surface area contributed by atoms with Crippen LogP contribution >= 0.6 is 11.3 Å². The number of carbonyl (C=O) groups excluding carboxylic acids is 1. The number of anilines is 1. The highest BCUT2D eigenvalue weighted by Gasteiger charge is 2.28. The smallest absolute Gasteiger partial charge is 0.224 e. The molecule has 0 aromatic carbocycles. The van der Waals surface area contributed by atoms with Gasteiger partial charge in [-0.1, -0.05) is 0 Å². The lowest BCUT2D eigenvalue weighted by atomic mass is 10.0. The van der Waals surface area contributed by atoms with Crippen LogP contribution in [0.15, 0.2) is 24.1 Å². The van der Waals surface area contributed by atoms with Crippen molar-refractivity contribution in [3.05, 3.63) is 34.5 Å². The molecule has 0 radical (unpaired) electrons. The maximum Gasteiger partial charge on any atom is 0.224 e. The molecule has 24 heavy (non-hydrogen) atoms. The topological polar surface area (TPSA) is 89.9 Å². The quantitative estimate of drug-likeness (QED) is 0.786. The summed E-state index contributed by atoms with van der Waals surface area (Å²) in [5, 5.41) is 2.11. The second-order valence-electron chi connectivity index (χ2n) is 5.93. The number of nitrogen functional groups attached to an aromatic ring is 1. The maximum absolute atomic E-state index is 12.7. The highest BCUT2D eigenvalue weighted by molar-refractivity contribution is 7.10. The molecule has 4 rings (SSSR count). The summed E-state index contributed by atoms with van der Waals surface area (Å²) in [6, 6.07) is 2.28. The van der Waals surface area contributed by atoms with E-state index in [9.17, 15) is 4.79 Å². The first-order valence-corrected chi connectivity index (χ1v) is 8.80. The van der Waals surface area contributed by atoms with Crippen LogP contribution in [0.5, 0.6) is 0 Å². The minimum atomic E-state index is 0.144. The van der Waals surface area contributed by atoms with Crippen molar-refractivity contribution < 1.29 is 4.79 Å². The number of nitrogens with two attached hydrogens (primary N) is 1. The number of aromatic nitrogens is 4. The number of amides is 1. The molecule has 124 valence electrons. The lowest BCUT2D eigenvalue weighted by Gasteiger charge is -2.33. The van der Waals surface area contributed by atoms with Gasteiger partial charge in [-0.3, -0.25) is 4.79 Å². The average molecular weight is 342 g/mol. The fourth-order valence-corrected chi connectivity index (χ4v) is 4.24. The zero-order chi connectivity index (χ0) is 16.7. The molecular weight excluding hydrogens is 324 g/mol. The van der Waals surface area contributed by atoms with Crippen molar-refractivity contribution in [2.24, 2.45) is 0 Å². The van der Waals surface area contributed by atoms with Crippen molar-refractivity contribution in [2.75, 3.05) is 12.3 Å². The Labute approximate surface area is 143 Å². The van der Waals surface area contributed by atoms with Crippen molar-refractivity contribution in [1.29, 1.82) is 0 Å². The molecule has 0 saturated carbocycles. The lowest BCUT2D eigenvalue weighted by Crippen LogP contribution is -2.38. The standard InChI is InChI=1S/C16H18N6OS/c1-10-11-4-7-24-12(11)2-6-22(10)13(23)3-5-21-9-20-14-15(17)18-8-19-16(14)21/h4,7-10H,2-3,5-6H2,1H3,(H2,17,18,19). The van der Waals surface area contributed by atoms with Gasteiger partial charge in [-0.2, -0.15) is 0 Å². The van der Waals surface area contributed by atoms with Crippen molar-refractivity contribution in [2.45, 2.75) is 32.4 Å². The number of rotatable bonds is 3. The SMILES string of the molecule is CC1c2ccsc2CCN1C(=O)CCn1cnc2c(N)ncnc21. The lowest BCUT2D eigenvalue weighted by molar-refractivity contribution is -0.133. The number of thiophene rings is 1. The molecule has 1 amide bonds. The summed E-state index contributed by atoms with van der Waals surface area (Å²) >= 11 is 1.78. The van der Waals surface area contributed by atoms with Crippen LogP contribution in [0, 0.1) is 0 Å².